The molecule has 1 aromatic heterocycles. The van der Waals surface area contributed by atoms with Crippen molar-refractivity contribution in [3.8, 4) is 0 Å². The number of rotatable bonds is 5. The molecule has 1 amide bonds. The number of benzene rings is 1. The third-order valence-corrected chi connectivity index (χ3v) is 6.69. The third-order valence-electron chi connectivity index (χ3n) is 5.59. The summed E-state index contributed by atoms with van der Waals surface area (Å²) in [5, 5.41) is 2.89. The predicted octanol–water partition coefficient (Wildman–Crippen LogP) is 2.87. The van der Waals surface area contributed by atoms with Gasteiger partial charge in [0.2, 0.25) is 5.91 Å². The van der Waals surface area contributed by atoms with Crippen molar-refractivity contribution >= 4 is 34.5 Å². The first-order chi connectivity index (χ1) is 13.7. The highest BCUT2D eigenvalue weighted by molar-refractivity contribution is 7.09. The predicted molar refractivity (Wildman–Crippen MR) is 116 cm³/mol. The fourth-order valence-corrected chi connectivity index (χ4v) is 4.84. The Balaban J connectivity index is 1.20. The van der Waals surface area contributed by atoms with Crippen LogP contribution in [0.25, 0.3) is 0 Å². The summed E-state index contributed by atoms with van der Waals surface area (Å²) in [6, 6.07) is 12.3. The minimum absolute atomic E-state index is 0.262. The lowest BCUT2D eigenvalue weighted by atomic mass is 10.2. The molecule has 1 aromatic carbocycles. The SMILES string of the molecule is O=C(CN1CCN(Cc2cccs2)CC1)N1CCN(c2cccc(Cl)c2)CC1. The summed E-state index contributed by atoms with van der Waals surface area (Å²) in [4.78, 5) is 23.3. The van der Waals surface area contributed by atoms with Gasteiger partial charge in [-0.2, -0.15) is 0 Å². The fourth-order valence-electron chi connectivity index (χ4n) is 3.91. The van der Waals surface area contributed by atoms with Gasteiger partial charge in [0.25, 0.3) is 0 Å². The lowest BCUT2D eigenvalue weighted by Crippen LogP contribution is -2.53. The lowest BCUT2D eigenvalue weighted by molar-refractivity contribution is -0.133. The largest absolute Gasteiger partial charge is 0.368 e. The zero-order valence-corrected chi connectivity index (χ0v) is 17.7. The van der Waals surface area contributed by atoms with E-state index in [1.165, 1.54) is 4.88 Å². The molecule has 28 heavy (non-hydrogen) atoms. The van der Waals surface area contributed by atoms with Crippen molar-refractivity contribution in [3.05, 3.63) is 51.7 Å². The molecule has 4 rings (SSSR count). The molecule has 2 fully saturated rings. The standard InChI is InChI=1S/C21H27ClN4OS/c22-18-3-1-4-19(15-18)25-10-12-26(13-11-25)21(27)17-24-8-6-23(7-9-24)16-20-5-2-14-28-20/h1-5,14-15H,6-13,16-17H2. The van der Waals surface area contributed by atoms with Gasteiger partial charge in [-0.1, -0.05) is 23.7 Å². The molecule has 0 spiro atoms. The van der Waals surface area contributed by atoms with E-state index in [4.69, 9.17) is 11.6 Å². The molecule has 2 aliphatic rings. The quantitative estimate of drug-likeness (QED) is 0.746. The van der Waals surface area contributed by atoms with Crippen molar-refractivity contribution in [1.82, 2.24) is 14.7 Å². The molecule has 2 aliphatic heterocycles. The van der Waals surface area contributed by atoms with Gasteiger partial charge >= 0.3 is 0 Å². The summed E-state index contributed by atoms with van der Waals surface area (Å²) in [5.74, 6) is 0.262. The zero-order chi connectivity index (χ0) is 19.3. The summed E-state index contributed by atoms with van der Waals surface area (Å²) >= 11 is 7.92. The first-order valence-corrected chi connectivity index (χ1v) is 11.2. The average Bonchev–Trinajstić information content (AvgIpc) is 3.23. The molecule has 2 saturated heterocycles. The Bertz CT molecular complexity index is 768. The number of anilines is 1. The van der Waals surface area contributed by atoms with Crippen LogP contribution in [0, 0.1) is 0 Å². The maximum absolute atomic E-state index is 12.7. The molecular weight excluding hydrogens is 392 g/mol. The van der Waals surface area contributed by atoms with E-state index in [1.807, 2.05) is 34.4 Å². The number of amides is 1. The van der Waals surface area contributed by atoms with Gasteiger partial charge in [-0.15, -0.1) is 11.3 Å². The van der Waals surface area contributed by atoms with Crippen LogP contribution >= 0.6 is 22.9 Å². The number of hydrogen-bond donors (Lipinski definition) is 0. The number of hydrogen-bond acceptors (Lipinski definition) is 5. The number of halogens is 1. The van der Waals surface area contributed by atoms with Crippen LogP contribution in [-0.2, 0) is 11.3 Å². The summed E-state index contributed by atoms with van der Waals surface area (Å²) in [7, 11) is 0. The van der Waals surface area contributed by atoms with E-state index in [0.717, 1.165) is 69.6 Å². The molecule has 7 heteroatoms. The van der Waals surface area contributed by atoms with Crippen molar-refractivity contribution < 1.29 is 4.79 Å². The first-order valence-electron chi connectivity index (χ1n) is 9.93. The van der Waals surface area contributed by atoms with Crippen molar-refractivity contribution in [3.63, 3.8) is 0 Å². The van der Waals surface area contributed by atoms with Crippen molar-refractivity contribution in [2.45, 2.75) is 6.54 Å². The Labute approximate surface area is 176 Å². The Morgan fingerprint density at radius 1 is 0.929 bits per heavy atom. The second kappa shape index (κ2) is 9.27. The fraction of sp³-hybridized carbons (Fsp3) is 0.476. The number of thiophene rings is 1. The number of carbonyl (C=O) groups excluding carboxylic acids is 1. The van der Waals surface area contributed by atoms with Gasteiger partial charge in [-0.3, -0.25) is 14.6 Å². The first kappa shape index (κ1) is 19.7. The van der Waals surface area contributed by atoms with E-state index in [-0.39, 0.29) is 5.91 Å². The van der Waals surface area contributed by atoms with Gasteiger partial charge in [0.1, 0.15) is 0 Å². The van der Waals surface area contributed by atoms with Crippen LogP contribution in [0.5, 0.6) is 0 Å². The smallest absolute Gasteiger partial charge is 0.236 e. The lowest BCUT2D eigenvalue weighted by Gasteiger charge is -2.38. The van der Waals surface area contributed by atoms with Crippen LogP contribution < -0.4 is 4.90 Å². The Morgan fingerprint density at radius 3 is 2.36 bits per heavy atom. The monoisotopic (exact) mass is 418 g/mol. The zero-order valence-electron chi connectivity index (χ0n) is 16.1. The van der Waals surface area contributed by atoms with Gasteiger partial charge in [0.15, 0.2) is 0 Å². The van der Waals surface area contributed by atoms with Crippen LogP contribution in [0.3, 0.4) is 0 Å². The Morgan fingerprint density at radius 2 is 1.68 bits per heavy atom. The second-order valence-electron chi connectivity index (χ2n) is 7.48. The average molecular weight is 419 g/mol. The number of piperazine rings is 2. The van der Waals surface area contributed by atoms with E-state index in [2.05, 4.69) is 38.3 Å². The molecule has 150 valence electrons. The minimum atomic E-state index is 0.262. The van der Waals surface area contributed by atoms with Crippen LogP contribution in [0.4, 0.5) is 5.69 Å². The van der Waals surface area contributed by atoms with Gasteiger partial charge < -0.3 is 9.80 Å². The molecule has 0 unspecified atom stereocenters. The Hall–Kier alpha value is -1.60. The molecular formula is C21H27ClN4OS. The van der Waals surface area contributed by atoms with Gasteiger partial charge in [0, 0.05) is 74.5 Å². The number of nitrogens with zero attached hydrogens (tertiary/aromatic N) is 4. The molecule has 3 heterocycles. The topological polar surface area (TPSA) is 30.0 Å². The van der Waals surface area contributed by atoms with Crippen molar-refractivity contribution in [1.29, 1.82) is 0 Å². The highest BCUT2D eigenvalue weighted by Gasteiger charge is 2.25. The van der Waals surface area contributed by atoms with Crippen LogP contribution in [-0.4, -0.2) is 79.5 Å². The van der Waals surface area contributed by atoms with Crippen LogP contribution in [0.15, 0.2) is 41.8 Å². The van der Waals surface area contributed by atoms with Crippen LogP contribution in [0.2, 0.25) is 5.02 Å². The highest BCUT2D eigenvalue weighted by atomic mass is 35.5. The highest BCUT2D eigenvalue weighted by Crippen LogP contribution is 2.21. The molecule has 0 bridgehead atoms. The molecule has 0 aliphatic carbocycles. The van der Waals surface area contributed by atoms with Gasteiger partial charge in [-0.25, -0.2) is 0 Å². The molecule has 2 aromatic rings. The minimum Gasteiger partial charge on any atom is -0.368 e. The molecule has 0 saturated carbocycles. The maximum atomic E-state index is 12.7. The summed E-state index contributed by atoms with van der Waals surface area (Å²) in [6.07, 6.45) is 0. The van der Waals surface area contributed by atoms with E-state index in [1.54, 1.807) is 0 Å². The normalized spacial score (nSPS) is 19.2. The van der Waals surface area contributed by atoms with Gasteiger partial charge in [0.05, 0.1) is 6.54 Å². The van der Waals surface area contributed by atoms with Crippen molar-refractivity contribution in [2.75, 3.05) is 63.8 Å². The molecule has 0 radical (unpaired) electrons. The molecule has 0 atom stereocenters. The van der Waals surface area contributed by atoms with E-state index in [9.17, 15) is 4.79 Å². The van der Waals surface area contributed by atoms with E-state index in [0.29, 0.717) is 6.54 Å². The van der Waals surface area contributed by atoms with Crippen LogP contribution in [0.1, 0.15) is 4.88 Å². The third kappa shape index (κ3) is 5.06. The summed E-state index contributed by atoms with van der Waals surface area (Å²) in [5.41, 5.74) is 1.14. The van der Waals surface area contributed by atoms with E-state index >= 15 is 0 Å². The summed E-state index contributed by atoms with van der Waals surface area (Å²) in [6.45, 7) is 8.88. The second-order valence-corrected chi connectivity index (χ2v) is 8.95. The Kier molecular flexibility index (Phi) is 6.52. The summed E-state index contributed by atoms with van der Waals surface area (Å²) < 4.78 is 0. The maximum Gasteiger partial charge on any atom is 0.236 e. The van der Waals surface area contributed by atoms with Crippen molar-refractivity contribution in [2.24, 2.45) is 0 Å². The van der Waals surface area contributed by atoms with E-state index < -0.39 is 0 Å². The van der Waals surface area contributed by atoms with Gasteiger partial charge in [-0.05, 0) is 29.6 Å². The molecule has 5 nitrogen and oxygen atoms in total. The molecule has 0 N–H and O–H groups in total. The number of carbonyl (C=O) groups is 1.